The fourth-order valence-electron chi connectivity index (χ4n) is 16.5. The van der Waals surface area contributed by atoms with E-state index in [-0.39, 0.29) is 102 Å². The number of hydrogen-bond acceptors (Lipinski definition) is 50. The maximum absolute atomic E-state index is 14.3. The second kappa shape index (κ2) is 60.7. The van der Waals surface area contributed by atoms with Crippen molar-refractivity contribution in [2.75, 3.05) is 79.1 Å². The van der Waals surface area contributed by atoms with Crippen molar-refractivity contribution < 1.29 is 211 Å². The van der Waals surface area contributed by atoms with Gasteiger partial charge in [-0.1, -0.05) is 22.1 Å². The third-order valence-corrected chi connectivity index (χ3v) is 24.4. The molecule has 0 bridgehead atoms. The average molecular weight is 2160 g/mol. The topological polar surface area (TPSA) is 971 Å². The molecule has 3 aromatic rings. The maximum atomic E-state index is 14.3. The van der Waals surface area contributed by atoms with Gasteiger partial charge >= 0.3 is 0 Å². The maximum Gasteiger partial charge on any atom is 0.243 e. The van der Waals surface area contributed by atoms with Crippen LogP contribution in [0.5, 0.6) is 0 Å². The largest absolute Gasteiger partial charge is 0.394 e. The highest BCUT2D eigenvalue weighted by molar-refractivity contribution is 5.95. The van der Waals surface area contributed by atoms with Crippen LogP contribution in [0.2, 0.25) is 0 Å². The predicted octanol–water partition coefficient (Wildman–Crippen LogP) is -20.2. The molecule has 0 radical (unpaired) electrons. The summed E-state index contributed by atoms with van der Waals surface area (Å²) in [6.45, 7) is -4.25. The van der Waals surface area contributed by atoms with E-state index in [1.165, 1.54) is 32.6 Å². The Morgan fingerprint density at radius 1 is 0.333 bits per heavy atom. The highest BCUT2D eigenvalue weighted by Crippen LogP contribution is 2.35. The van der Waals surface area contributed by atoms with Crippen molar-refractivity contribution >= 4 is 76.8 Å². The number of rotatable bonds is 58. The van der Waals surface area contributed by atoms with E-state index in [0.717, 1.165) is 27.7 Å². The Labute approximate surface area is 853 Å². The lowest BCUT2D eigenvalue weighted by Crippen LogP contribution is -2.67. The van der Waals surface area contributed by atoms with E-state index >= 15 is 0 Å². The van der Waals surface area contributed by atoms with Crippen LogP contribution < -0.4 is 75.1 Å². The van der Waals surface area contributed by atoms with E-state index in [1.54, 1.807) is 0 Å². The number of nitrogens with zero attached hydrogens (tertiary/aromatic N) is 9. The molecule has 6 saturated heterocycles. The van der Waals surface area contributed by atoms with Crippen molar-refractivity contribution in [3.8, 4) is 0 Å². The lowest BCUT2D eigenvalue weighted by molar-refractivity contribution is -0.348. The molecule has 846 valence electrons. The number of carbonyl (C=O) groups excluding carboxylic acids is 13. The molecule has 0 saturated carbocycles. The molecule has 66 nitrogen and oxygen atoms in total. The third-order valence-electron chi connectivity index (χ3n) is 24.4. The molecule has 3 aromatic heterocycles. The normalized spacial score (nSPS) is 30.4. The summed E-state index contributed by atoms with van der Waals surface area (Å²) >= 11 is 0. The molecule has 33 N–H and O–H groups in total. The van der Waals surface area contributed by atoms with Gasteiger partial charge in [0.2, 0.25) is 76.8 Å². The number of ether oxygens (including phenoxy) is 12. The van der Waals surface area contributed by atoms with Crippen LogP contribution in [0.4, 0.5) is 0 Å². The first-order valence-corrected chi connectivity index (χ1v) is 48.0. The number of hydrogen-bond donors (Lipinski definition) is 32. The highest BCUT2D eigenvalue weighted by atomic mass is 16.8. The minimum absolute atomic E-state index is 0.00902. The lowest BCUT2D eigenvalue weighted by Gasteiger charge is -2.47. The van der Waals surface area contributed by atoms with Gasteiger partial charge in [-0.2, -0.15) is 0 Å². The van der Waals surface area contributed by atoms with Crippen molar-refractivity contribution in [3.05, 3.63) is 35.7 Å². The van der Waals surface area contributed by atoms with Gasteiger partial charge in [-0.05, 0) is 32.1 Å². The summed E-state index contributed by atoms with van der Waals surface area (Å²) < 4.78 is 72.5. The average Bonchev–Trinajstić information content (AvgIpc) is 1.06. The van der Waals surface area contributed by atoms with Crippen molar-refractivity contribution in [2.24, 2.45) is 5.84 Å². The second-order valence-corrected chi connectivity index (χ2v) is 35.8. The van der Waals surface area contributed by atoms with E-state index in [1.807, 2.05) is 5.43 Å². The summed E-state index contributed by atoms with van der Waals surface area (Å²) in [6, 6.07) is -8.92. The summed E-state index contributed by atoms with van der Waals surface area (Å²) in [5.74, 6) is -5.19. The van der Waals surface area contributed by atoms with Crippen LogP contribution in [0.3, 0.4) is 0 Å². The molecule has 0 aliphatic carbocycles. The number of nitrogens with two attached hydrogens (primary N) is 1. The number of nitrogens with one attached hydrogen (secondary N) is 13. The lowest BCUT2D eigenvalue weighted by atomic mass is 9.95. The summed E-state index contributed by atoms with van der Waals surface area (Å²) in [6.07, 6.45) is -42.2. The number of carbonyl (C=O) groups is 13. The summed E-state index contributed by atoms with van der Waals surface area (Å²) in [5.41, 5.74) is 2.53. The van der Waals surface area contributed by atoms with Crippen molar-refractivity contribution in [1.29, 1.82) is 0 Å². The molecular formula is C84H137N23O43. The van der Waals surface area contributed by atoms with Crippen molar-refractivity contribution in [2.45, 2.75) is 333 Å². The Morgan fingerprint density at radius 3 is 0.913 bits per heavy atom. The Balaban J connectivity index is 0.798. The minimum atomic E-state index is -1.92. The monoisotopic (exact) mass is 2160 g/mol. The van der Waals surface area contributed by atoms with Crippen LogP contribution in [-0.4, -0.2) is 495 Å². The Bertz CT molecular complexity index is 4800. The molecule has 0 spiro atoms. The zero-order valence-electron chi connectivity index (χ0n) is 81.9. The van der Waals surface area contributed by atoms with Gasteiger partial charge in [-0.15, -0.1) is 15.3 Å². The predicted molar refractivity (Wildman–Crippen MR) is 486 cm³/mol. The number of hydrazine groups is 1. The summed E-state index contributed by atoms with van der Waals surface area (Å²) in [7, 11) is 0. The summed E-state index contributed by atoms with van der Waals surface area (Å²) in [4.78, 5) is 172. The molecule has 6 aliphatic heterocycles. The highest BCUT2D eigenvalue weighted by Gasteiger charge is 2.56. The minimum Gasteiger partial charge on any atom is -0.394 e. The number of unbranched alkanes of at least 4 members (excludes halogenated alkanes) is 2. The van der Waals surface area contributed by atoms with Gasteiger partial charge in [0.25, 0.3) is 0 Å². The van der Waals surface area contributed by atoms with Crippen LogP contribution in [0, 0.1) is 0 Å². The first kappa shape index (κ1) is 123. The fraction of sp³-hybridized carbons (Fsp3) is 0.774. The van der Waals surface area contributed by atoms with E-state index in [4.69, 9.17) is 62.7 Å². The van der Waals surface area contributed by atoms with Crippen molar-refractivity contribution in [1.82, 2.24) is 114 Å². The molecular weight excluding hydrogens is 2020 g/mol. The number of aromatic nitrogens is 9. The Morgan fingerprint density at radius 2 is 0.627 bits per heavy atom. The SMILES string of the molecule is CC(=O)NC(CCC(=O)NCc1cn(CCO[C@@H]2O[C@H](CO)[C@@H](O[C@@H]3O[C@H](CO)[C@H](O)[C@H](O)[C@H]3O)[C@H](O)[C@H]2NC(C)=O)nn1)C(=O)NCC(=O)NC(CCC(=O)NCc1cn(CCO[C@@H]2O[C@H](CO)[C@@H](O[C@@H]3O[C@H](CO)[C@H](O)[C@H](O)[C@H]3O)[C@H](O)[C@H]2NC(C)=O)nn1)C(=O)NCC(=O)NC(CCC(=O)NCc1cn(CCO[C@@H]2O[C@H](CO)[C@@H](O[C@@H]3O[C@H](CO)[C@H](O)[C@H](O)[C@H]3O)[C@H](O)[C@H]2NC(C)=O)nn1)C(=O)NCCCCCC(=O)NN. The van der Waals surface area contributed by atoms with E-state index in [9.17, 15) is 154 Å². The molecule has 6 fully saturated rings. The first-order valence-electron chi connectivity index (χ1n) is 48.0. The molecule has 13 amide bonds. The van der Waals surface area contributed by atoms with E-state index in [0.29, 0.717) is 19.3 Å². The van der Waals surface area contributed by atoms with Crippen molar-refractivity contribution in [3.63, 3.8) is 0 Å². The first-order chi connectivity index (χ1) is 71.5. The van der Waals surface area contributed by atoms with Gasteiger partial charge in [0.05, 0.1) is 130 Å². The van der Waals surface area contributed by atoms with Gasteiger partial charge in [0.1, 0.15) is 182 Å². The van der Waals surface area contributed by atoms with Crippen LogP contribution in [-0.2, 0) is 158 Å². The zero-order valence-corrected chi connectivity index (χ0v) is 81.9. The van der Waals surface area contributed by atoms with Gasteiger partial charge in [-0.25, -0.2) is 19.9 Å². The molecule has 9 rings (SSSR count). The smallest absolute Gasteiger partial charge is 0.243 e. The quantitative estimate of drug-likeness (QED) is 0.0108. The van der Waals surface area contributed by atoms with Crippen LogP contribution in [0.15, 0.2) is 18.6 Å². The van der Waals surface area contributed by atoms with Gasteiger partial charge < -0.3 is 213 Å². The molecule has 3 unspecified atom stereocenters. The van der Waals surface area contributed by atoms with Crippen LogP contribution in [0.25, 0.3) is 0 Å². The van der Waals surface area contributed by atoms with E-state index in [2.05, 4.69) is 94.7 Å². The standard InChI is InChI=1S/C84H137N23O43/c1-36(114)92-43(9-12-52(118)87-22-40-27-105(102-99-40)16-19-139-79-58(93-37(2)115)64(127)73(49(33-111)145-79)148-82-70(133)67(130)61(124)46(30-108)142-82)77(137)90-25-57(123)97-45(11-14-54(120)89-24-42-29-107(104-101-42)18-21-141-81-60(95-39(4)117)66(129)75(51(35-113)147-81)150-84-72(135)69(132)63(126)48(32-110)144-84)78(138)91-26-56(122)96-44(76(136)86-15-7-5-6-8-55(121)98-85)10-13-53(119)88-23-41-28-106(103-100-41)17-20-140-80-59(94-38(3)116)65(128)74(50(34-112)146-80)149-83-71(134)68(131)62(125)47(31-109)143-83/h27-29,43-51,58-75,79-84,108-113,124-135H,5-26,30-35,85H2,1-4H3,(H,86,136)(H,87,118)(H,88,119)(H,89,120)(H,90,137)(H,91,138)(H,92,114)(H,93,115)(H,94,116)(H,95,117)(H,96,122)(H,97,123)(H,98,121)/t43?,44?,45?,46-,47-,48-,49-,50-,51-,58-,59-,60-,61+,62+,63+,64-,65-,66-,67+,68+,69+,70-,71-,72-,73-,74-,75-,79-,80-,81-,82+,83+,84+/m1/s1. The molecule has 9 heterocycles. The van der Waals surface area contributed by atoms with Crippen LogP contribution >= 0.6 is 0 Å². The second-order valence-electron chi connectivity index (χ2n) is 35.8. The molecule has 6 aliphatic rings. The molecule has 66 heteroatoms. The zero-order chi connectivity index (χ0) is 110. The number of aliphatic hydroxyl groups excluding tert-OH is 18. The van der Waals surface area contributed by atoms with E-state index < -0.39 is 357 Å². The summed E-state index contributed by atoms with van der Waals surface area (Å²) in [5, 5.41) is 242. The van der Waals surface area contributed by atoms with Gasteiger partial charge in [-0.3, -0.25) is 67.8 Å². The molecule has 33 atom stereocenters. The van der Waals surface area contributed by atoms with Crippen LogP contribution in [0.1, 0.15) is 109 Å². The Kier molecular flexibility index (Phi) is 49.7. The third kappa shape index (κ3) is 36.2. The fourth-order valence-corrected chi connectivity index (χ4v) is 16.5. The van der Waals surface area contributed by atoms with Gasteiger partial charge in [0, 0.05) is 59.9 Å². The molecule has 150 heavy (non-hydrogen) atoms. The Hall–Kier alpha value is -10.7. The number of amides is 13. The molecule has 0 aromatic carbocycles. The number of aliphatic hydroxyl groups is 18. The van der Waals surface area contributed by atoms with Gasteiger partial charge in [0.15, 0.2) is 37.7 Å².